The molecule has 0 amide bonds. The third kappa shape index (κ3) is 2.59. The summed E-state index contributed by atoms with van der Waals surface area (Å²) in [5.74, 6) is -0.203. The van der Waals surface area contributed by atoms with Crippen molar-refractivity contribution >= 4 is 5.82 Å². The van der Waals surface area contributed by atoms with Crippen molar-refractivity contribution in [2.75, 3.05) is 5.73 Å². The number of hydrogen-bond donors (Lipinski definition) is 1. The highest BCUT2D eigenvalue weighted by Crippen LogP contribution is 2.29. The molecule has 0 radical (unpaired) electrons. The minimum atomic E-state index is -4.39. The van der Waals surface area contributed by atoms with Crippen LogP contribution < -0.4 is 11.2 Å². The van der Waals surface area contributed by atoms with E-state index < -0.39 is 17.2 Å². The van der Waals surface area contributed by atoms with Crippen LogP contribution in [-0.4, -0.2) is 9.78 Å². The van der Waals surface area contributed by atoms with Crippen LogP contribution in [0.15, 0.2) is 35.1 Å². The molecule has 0 spiro atoms. The van der Waals surface area contributed by atoms with Gasteiger partial charge in [0.25, 0.3) is 0 Å². The van der Waals surface area contributed by atoms with Gasteiger partial charge in [-0.1, -0.05) is 0 Å². The highest BCUT2D eigenvalue weighted by Gasteiger charge is 2.30. The quantitative estimate of drug-likeness (QED) is 0.862. The number of aromatic nitrogens is 2. The molecule has 0 aliphatic carbocycles. The fourth-order valence-corrected chi connectivity index (χ4v) is 1.61. The SMILES string of the molecule is Cc1cc(=O)c(N)nn1-c1ccc(C(F)(F)F)cc1. The lowest BCUT2D eigenvalue weighted by Crippen LogP contribution is -2.17. The van der Waals surface area contributed by atoms with Crippen molar-refractivity contribution in [3.05, 3.63) is 51.8 Å². The average molecular weight is 269 g/mol. The number of hydrogen-bond acceptors (Lipinski definition) is 3. The summed E-state index contributed by atoms with van der Waals surface area (Å²) < 4.78 is 38.6. The van der Waals surface area contributed by atoms with Gasteiger partial charge in [-0.15, -0.1) is 5.10 Å². The number of anilines is 1. The molecule has 0 aliphatic rings. The van der Waals surface area contributed by atoms with Gasteiger partial charge in [0.15, 0.2) is 5.82 Å². The molecule has 0 saturated carbocycles. The molecule has 0 unspecified atom stereocenters. The summed E-state index contributed by atoms with van der Waals surface area (Å²) in [6, 6.07) is 5.72. The number of rotatable bonds is 1. The van der Waals surface area contributed by atoms with E-state index in [9.17, 15) is 18.0 Å². The van der Waals surface area contributed by atoms with E-state index in [0.717, 1.165) is 12.1 Å². The first-order chi connectivity index (χ1) is 8.79. The Hall–Kier alpha value is -2.31. The molecule has 0 bridgehead atoms. The third-order valence-corrected chi connectivity index (χ3v) is 2.57. The van der Waals surface area contributed by atoms with Crippen molar-refractivity contribution in [1.29, 1.82) is 0 Å². The van der Waals surface area contributed by atoms with Gasteiger partial charge < -0.3 is 5.73 Å². The Morgan fingerprint density at radius 2 is 1.79 bits per heavy atom. The first-order valence-corrected chi connectivity index (χ1v) is 5.33. The van der Waals surface area contributed by atoms with Gasteiger partial charge in [-0.05, 0) is 31.2 Å². The second-order valence-electron chi connectivity index (χ2n) is 3.99. The van der Waals surface area contributed by atoms with E-state index in [0.29, 0.717) is 11.4 Å². The van der Waals surface area contributed by atoms with Crippen molar-refractivity contribution in [3.8, 4) is 5.69 Å². The fraction of sp³-hybridized carbons (Fsp3) is 0.167. The smallest absolute Gasteiger partial charge is 0.379 e. The lowest BCUT2D eigenvalue weighted by atomic mass is 10.2. The van der Waals surface area contributed by atoms with Crippen molar-refractivity contribution in [3.63, 3.8) is 0 Å². The zero-order valence-electron chi connectivity index (χ0n) is 9.90. The summed E-state index contributed by atoms with van der Waals surface area (Å²) in [5.41, 5.74) is 5.12. The van der Waals surface area contributed by atoms with Crippen LogP contribution >= 0.6 is 0 Å². The Bertz CT molecular complexity index is 659. The number of alkyl halides is 3. The third-order valence-electron chi connectivity index (χ3n) is 2.57. The zero-order valence-corrected chi connectivity index (χ0v) is 9.90. The van der Waals surface area contributed by atoms with E-state index in [2.05, 4.69) is 5.10 Å². The summed E-state index contributed by atoms with van der Waals surface area (Å²) in [6.45, 7) is 1.62. The molecular weight excluding hydrogens is 259 g/mol. The lowest BCUT2D eigenvalue weighted by Gasteiger charge is -2.11. The predicted molar refractivity (Wildman–Crippen MR) is 64.0 cm³/mol. The van der Waals surface area contributed by atoms with Crippen LogP contribution in [0.3, 0.4) is 0 Å². The molecule has 2 N–H and O–H groups in total. The van der Waals surface area contributed by atoms with E-state index in [-0.39, 0.29) is 5.82 Å². The molecule has 4 nitrogen and oxygen atoms in total. The lowest BCUT2D eigenvalue weighted by molar-refractivity contribution is -0.137. The predicted octanol–water partition coefficient (Wildman–Crippen LogP) is 2.14. The second kappa shape index (κ2) is 4.42. The minimum absolute atomic E-state index is 0.203. The molecule has 2 aromatic rings. The minimum Gasteiger partial charge on any atom is -0.379 e. The van der Waals surface area contributed by atoms with E-state index in [1.165, 1.54) is 22.9 Å². The van der Waals surface area contributed by atoms with Crippen molar-refractivity contribution in [2.45, 2.75) is 13.1 Å². The maximum atomic E-state index is 12.4. The Balaban J connectivity index is 2.49. The highest BCUT2D eigenvalue weighted by molar-refractivity contribution is 5.38. The van der Waals surface area contributed by atoms with Gasteiger partial charge in [-0.25, -0.2) is 4.68 Å². The Kier molecular flexibility index (Phi) is 3.05. The van der Waals surface area contributed by atoms with Gasteiger partial charge >= 0.3 is 6.18 Å². The van der Waals surface area contributed by atoms with Crippen LogP contribution in [0.2, 0.25) is 0 Å². The van der Waals surface area contributed by atoms with E-state index >= 15 is 0 Å². The number of benzene rings is 1. The molecule has 0 saturated heterocycles. The van der Waals surface area contributed by atoms with Crippen molar-refractivity contribution in [2.24, 2.45) is 0 Å². The Morgan fingerprint density at radius 3 is 2.32 bits per heavy atom. The second-order valence-corrected chi connectivity index (χ2v) is 3.99. The number of aryl methyl sites for hydroxylation is 1. The Morgan fingerprint density at radius 1 is 1.21 bits per heavy atom. The van der Waals surface area contributed by atoms with Gasteiger partial charge in [0.05, 0.1) is 11.3 Å². The van der Waals surface area contributed by atoms with Crippen LogP contribution in [0, 0.1) is 6.92 Å². The van der Waals surface area contributed by atoms with Crippen LogP contribution in [0.4, 0.5) is 19.0 Å². The summed E-state index contributed by atoms with van der Waals surface area (Å²) in [7, 11) is 0. The molecule has 2 rings (SSSR count). The van der Waals surface area contributed by atoms with Gasteiger partial charge in [0.1, 0.15) is 0 Å². The Labute approximate surface area is 106 Å². The molecule has 0 fully saturated rings. The largest absolute Gasteiger partial charge is 0.416 e. The number of nitrogen functional groups attached to an aromatic ring is 1. The average Bonchev–Trinajstić information content (AvgIpc) is 2.33. The number of nitrogens with two attached hydrogens (primary N) is 1. The summed E-state index contributed by atoms with van der Waals surface area (Å²) in [4.78, 5) is 11.3. The highest BCUT2D eigenvalue weighted by atomic mass is 19.4. The number of halogens is 3. The van der Waals surface area contributed by atoms with Gasteiger partial charge in [-0.2, -0.15) is 13.2 Å². The van der Waals surface area contributed by atoms with E-state index in [4.69, 9.17) is 5.73 Å². The monoisotopic (exact) mass is 269 g/mol. The van der Waals surface area contributed by atoms with Crippen LogP contribution in [0.1, 0.15) is 11.3 Å². The molecule has 1 aromatic carbocycles. The molecule has 19 heavy (non-hydrogen) atoms. The normalized spacial score (nSPS) is 11.6. The molecular formula is C12H10F3N3O. The van der Waals surface area contributed by atoms with E-state index in [1.54, 1.807) is 6.92 Å². The topological polar surface area (TPSA) is 60.9 Å². The maximum absolute atomic E-state index is 12.4. The van der Waals surface area contributed by atoms with Crippen molar-refractivity contribution < 1.29 is 13.2 Å². The van der Waals surface area contributed by atoms with E-state index in [1.807, 2.05) is 0 Å². The van der Waals surface area contributed by atoms with Crippen LogP contribution in [-0.2, 0) is 6.18 Å². The summed E-state index contributed by atoms with van der Waals surface area (Å²) >= 11 is 0. The molecule has 0 atom stereocenters. The van der Waals surface area contributed by atoms with Gasteiger partial charge in [-0.3, -0.25) is 4.79 Å². The first kappa shape index (κ1) is 13.1. The molecule has 0 aliphatic heterocycles. The molecule has 1 heterocycles. The fourth-order valence-electron chi connectivity index (χ4n) is 1.61. The maximum Gasteiger partial charge on any atom is 0.416 e. The first-order valence-electron chi connectivity index (χ1n) is 5.33. The molecule has 1 aromatic heterocycles. The van der Waals surface area contributed by atoms with Crippen LogP contribution in [0.25, 0.3) is 5.69 Å². The summed E-state index contributed by atoms with van der Waals surface area (Å²) in [5, 5.41) is 3.84. The molecule has 100 valence electrons. The number of nitrogens with zero attached hydrogens (tertiary/aromatic N) is 2. The molecule has 7 heteroatoms. The zero-order chi connectivity index (χ0) is 14.2. The van der Waals surface area contributed by atoms with Crippen molar-refractivity contribution in [1.82, 2.24) is 9.78 Å². The standard InChI is InChI=1S/C12H10F3N3O/c1-7-6-10(19)11(16)17-18(7)9-4-2-8(3-5-9)12(13,14)15/h2-6H,1H3,(H2,16,17). The van der Waals surface area contributed by atoms with Gasteiger partial charge in [0.2, 0.25) is 5.43 Å². The van der Waals surface area contributed by atoms with Crippen LogP contribution in [0.5, 0.6) is 0 Å². The summed E-state index contributed by atoms with van der Waals surface area (Å²) in [6.07, 6.45) is -4.39. The van der Waals surface area contributed by atoms with Gasteiger partial charge in [0, 0.05) is 11.8 Å².